The summed E-state index contributed by atoms with van der Waals surface area (Å²) in [5.74, 6) is 1.55. The van der Waals surface area contributed by atoms with E-state index in [0.29, 0.717) is 16.7 Å². The molecule has 5 rings (SSSR count). The molecule has 1 aromatic heterocycles. The predicted octanol–water partition coefficient (Wildman–Crippen LogP) is 7.35. The van der Waals surface area contributed by atoms with E-state index >= 15 is 0 Å². The normalized spacial score (nSPS) is 27.8. The molecule has 0 radical (unpaired) electrons. The molecule has 2 aliphatic carbocycles. The quantitative estimate of drug-likeness (QED) is 0.472. The fraction of sp³-hybridized carbons (Fsp3) is 0.370. The van der Waals surface area contributed by atoms with Gasteiger partial charge in [0.05, 0.1) is 5.69 Å². The zero-order valence-corrected chi connectivity index (χ0v) is 17.2. The lowest BCUT2D eigenvalue weighted by molar-refractivity contribution is 0.134. The van der Waals surface area contributed by atoms with Crippen molar-refractivity contribution in [2.75, 3.05) is 0 Å². The molecule has 0 amide bonds. The van der Waals surface area contributed by atoms with E-state index in [2.05, 4.69) is 86.4 Å². The Labute approximate surface area is 168 Å². The Balaban J connectivity index is 1.51. The summed E-state index contributed by atoms with van der Waals surface area (Å²) in [7, 11) is 0. The minimum absolute atomic E-state index is 0.420. The van der Waals surface area contributed by atoms with Crippen molar-refractivity contribution in [3.63, 3.8) is 0 Å². The van der Waals surface area contributed by atoms with E-state index in [9.17, 15) is 0 Å². The second-order valence-corrected chi connectivity index (χ2v) is 9.58. The van der Waals surface area contributed by atoms with Crippen LogP contribution in [0.2, 0.25) is 0 Å². The molecule has 2 aliphatic rings. The van der Waals surface area contributed by atoms with Crippen molar-refractivity contribution in [2.24, 2.45) is 16.7 Å². The third-order valence-electron chi connectivity index (χ3n) is 8.25. The van der Waals surface area contributed by atoms with E-state index in [1.807, 2.05) is 12.3 Å². The lowest BCUT2D eigenvalue weighted by Crippen LogP contribution is -2.31. The fourth-order valence-electron chi connectivity index (χ4n) is 6.02. The van der Waals surface area contributed by atoms with Gasteiger partial charge >= 0.3 is 0 Å². The van der Waals surface area contributed by atoms with Crippen molar-refractivity contribution in [1.82, 2.24) is 4.98 Å². The first-order valence-electron chi connectivity index (χ1n) is 10.6. The molecule has 1 nitrogen and oxygen atoms in total. The molecule has 0 N–H and O–H groups in total. The number of hydrogen-bond donors (Lipinski definition) is 0. The zero-order valence-electron chi connectivity index (χ0n) is 17.2. The summed E-state index contributed by atoms with van der Waals surface area (Å²) in [6, 6.07) is 24.1. The predicted molar refractivity (Wildman–Crippen MR) is 117 cm³/mol. The molecule has 28 heavy (non-hydrogen) atoms. The molecule has 0 saturated heterocycles. The third-order valence-corrected chi connectivity index (χ3v) is 8.25. The van der Waals surface area contributed by atoms with Gasteiger partial charge in [-0.25, -0.2) is 0 Å². The standard InChI is InChI=1S/C27H29N/c1-26(2)23-12-14-27(26,3)24(18-23)22-11-7-10-20(16-22)21-13-15-28-25(17-21)19-8-5-4-6-9-19/h4-11,13,15-17,23-24H,12,14,18H2,1-3H3. The monoisotopic (exact) mass is 367 g/mol. The summed E-state index contributed by atoms with van der Waals surface area (Å²) in [4.78, 5) is 4.60. The first-order valence-corrected chi connectivity index (χ1v) is 10.6. The average Bonchev–Trinajstić information content (AvgIpc) is 3.08. The number of aromatic nitrogens is 1. The molecule has 142 valence electrons. The van der Waals surface area contributed by atoms with Crippen LogP contribution in [0.1, 0.15) is 51.5 Å². The van der Waals surface area contributed by atoms with E-state index in [1.165, 1.54) is 41.5 Å². The molecule has 1 heteroatoms. The molecular formula is C27H29N. The molecule has 0 aliphatic heterocycles. The van der Waals surface area contributed by atoms with Gasteiger partial charge in [0.25, 0.3) is 0 Å². The van der Waals surface area contributed by atoms with Gasteiger partial charge in [0.15, 0.2) is 0 Å². The Kier molecular flexibility index (Phi) is 3.98. The number of rotatable bonds is 3. The smallest absolute Gasteiger partial charge is 0.0708 e. The number of nitrogens with zero attached hydrogens (tertiary/aromatic N) is 1. The van der Waals surface area contributed by atoms with Crippen molar-refractivity contribution in [1.29, 1.82) is 0 Å². The second kappa shape index (κ2) is 6.30. The molecular weight excluding hydrogens is 338 g/mol. The zero-order chi connectivity index (χ0) is 19.4. The Morgan fingerprint density at radius 2 is 1.57 bits per heavy atom. The van der Waals surface area contributed by atoms with Crippen molar-refractivity contribution in [3.05, 3.63) is 78.5 Å². The van der Waals surface area contributed by atoms with Gasteiger partial charge in [0, 0.05) is 11.8 Å². The maximum absolute atomic E-state index is 4.60. The average molecular weight is 368 g/mol. The SMILES string of the molecule is CC1(C)C2CCC1(C)C(c1cccc(-c3ccnc(-c4ccccc4)c3)c1)C2. The maximum atomic E-state index is 4.60. The summed E-state index contributed by atoms with van der Waals surface area (Å²) in [6.45, 7) is 7.55. The number of benzene rings is 2. The fourth-order valence-corrected chi connectivity index (χ4v) is 6.02. The number of pyridine rings is 1. The van der Waals surface area contributed by atoms with Gasteiger partial charge < -0.3 is 0 Å². The lowest BCUT2D eigenvalue weighted by Gasteiger charge is -2.39. The van der Waals surface area contributed by atoms with Crippen LogP contribution < -0.4 is 0 Å². The van der Waals surface area contributed by atoms with Crippen molar-refractivity contribution >= 4 is 0 Å². The molecule has 2 aromatic carbocycles. The second-order valence-electron chi connectivity index (χ2n) is 9.58. The first-order chi connectivity index (χ1) is 13.5. The Bertz CT molecular complexity index is 1000. The van der Waals surface area contributed by atoms with E-state index in [0.717, 1.165) is 11.6 Å². The Hall–Kier alpha value is -2.41. The van der Waals surface area contributed by atoms with E-state index < -0.39 is 0 Å². The van der Waals surface area contributed by atoms with Gasteiger partial charge in [-0.05, 0) is 70.8 Å². The highest BCUT2D eigenvalue weighted by molar-refractivity contribution is 5.70. The molecule has 2 saturated carbocycles. The summed E-state index contributed by atoms with van der Waals surface area (Å²) in [5.41, 5.74) is 7.16. The molecule has 3 atom stereocenters. The molecule has 0 spiro atoms. The van der Waals surface area contributed by atoms with Crippen LogP contribution in [0.25, 0.3) is 22.4 Å². The van der Waals surface area contributed by atoms with Gasteiger partial charge in [-0.15, -0.1) is 0 Å². The minimum Gasteiger partial charge on any atom is -0.256 e. The topological polar surface area (TPSA) is 12.9 Å². The van der Waals surface area contributed by atoms with Crippen molar-refractivity contribution < 1.29 is 0 Å². The third kappa shape index (κ3) is 2.56. The number of hydrogen-bond acceptors (Lipinski definition) is 1. The van der Waals surface area contributed by atoms with E-state index in [4.69, 9.17) is 0 Å². The van der Waals surface area contributed by atoms with Crippen LogP contribution in [0.15, 0.2) is 72.9 Å². The summed E-state index contributed by atoms with van der Waals surface area (Å²) in [6.07, 6.45) is 6.06. The van der Waals surface area contributed by atoms with Crippen LogP contribution in [0.5, 0.6) is 0 Å². The van der Waals surface area contributed by atoms with Gasteiger partial charge in [0.1, 0.15) is 0 Å². The highest BCUT2D eigenvalue weighted by Crippen LogP contribution is 2.70. The summed E-state index contributed by atoms with van der Waals surface area (Å²) >= 11 is 0. The van der Waals surface area contributed by atoms with Crippen LogP contribution in [-0.4, -0.2) is 4.98 Å². The summed E-state index contributed by atoms with van der Waals surface area (Å²) in [5, 5.41) is 0. The van der Waals surface area contributed by atoms with E-state index in [1.54, 1.807) is 0 Å². The van der Waals surface area contributed by atoms with Gasteiger partial charge in [-0.3, -0.25) is 4.98 Å². The van der Waals surface area contributed by atoms with Gasteiger partial charge in [0.2, 0.25) is 0 Å². The van der Waals surface area contributed by atoms with Crippen LogP contribution >= 0.6 is 0 Å². The van der Waals surface area contributed by atoms with Crippen molar-refractivity contribution in [3.8, 4) is 22.4 Å². The van der Waals surface area contributed by atoms with Crippen LogP contribution in [-0.2, 0) is 0 Å². The Morgan fingerprint density at radius 3 is 2.29 bits per heavy atom. The van der Waals surface area contributed by atoms with Crippen molar-refractivity contribution in [2.45, 2.75) is 46.0 Å². The molecule has 3 aromatic rings. The first kappa shape index (κ1) is 17.7. The largest absolute Gasteiger partial charge is 0.256 e. The summed E-state index contributed by atoms with van der Waals surface area (Å²) < 4.78 is 0. The van der Waals surface area contributed by atoms with Gasteiger partial charge in [-0.1, -0.05) is 75.4 Å². The van der Waals surface area contributed by atoms with Gasteiger partial charge in [-0.2, -0.15) is 0 Å². The number of fused-ring (bicyclic) bond motifs is 2. The maximum Gasteiger partial charge on any atom is 0.0708 e. The minimum atomic E-state index is 0.420. The molecule has 2 bridgehead atoms. The molecule has 1 heterocycles. The highest BCUT2D eigenvalue weighted by Gasteiger charge is 2.61. The van der Waals surface area contributed by atoms with Crippen LogP contribution in [0, 0.1) is 16.7 Å². The Morgan fingerprint density at radius 1 is 0.821 bits per heavy atom. The van der Waals surface area contributed by atoms with Crippen LogP contribution in [0.3, 0.4) is 0 Å². The molecule has 2 fully saturated rings. The lowest BCUT2D eigenvalue weighted by atomic mass is 9.65. The highest BCUT2D eigenvalue weighted by atomic mass is 14.7. The van der Waals surface area contributed by atoms with Crippen LogP contribution in [0.4, 0.5) is 0 Å². The van der Waals surface area contributed by atoms with E-state index in [-0.39, 0.29) is 0 Å². The molecule has 3 unspecified atom stereocenters.